The summed E-state index contributed by atoms with van der Waals surface area (Å²) >= 11 is 0. The summed E-state index contributed by atoms with van der Waals surface area (Å²) in [4.78, 5) is 14.8. The fourth-order valence-electron chi connectivity index (χ4n) is 3.43. The van der Waals surface area contributed by atoms with E-state index in [4.69, 9.17) is 0 Å². The summed E-state index contributed by atoms with van der Waals surface area (Å²) in [5, 5.41) is 3.33. The number of piperidine rings is 1. The molecule has 104 valence electrons. The van der Waals surface area contributed by atoms with E-state index >= 15 is 0 Å². The smallest absolute Gasteiger partial charge is 0.226 e. The molecular formula is C15H23N3O. The van der Waals surface area contributed by atoms with Crippen molar-refractivity contribution in [3.8, 4) is 0 Å². The predicted molar refractivity (Wildman–Crippen MR) is 74.9 cm³/mol. The second kappa shape index (κ2) is 5.00. The van der Waals surface area contributed by atoms with E-state index in [9.17, 15) is 4.79 Å². The average molecular weight is 261 g/mol. The molecule has 0 spiro atoms. The van der Waals surface area contributed by atoms with Crippen molar-refractivity contribution < 1.29 is 4.79 Å². The molecule has 2 aliphatic heterocycles. The van der Waals surface area contributed by atoms with Crippen LogP contribution in [0.15, 0.2) is 12.1 Å². The fraction of sp³-hybridized carbons (Fsp3) is 0.667. The van der Waals surface area contributed by atoms with Crippen molar-refractivity contribution in [1.29, 1.82) is 0 Å². The van der Waals surface area contributed by atoms with Gasteiger partial charge in [0.05, 0.1) is 6.04 Å². The highest BCUT2D eigenvalue weighted by molar-refractivity contribution is 5.79. The standard InChI is InChI=1S/C15H23N3O/c1-11-3-4-14-12(2)18(10-9-17(11)14)15(19)13-5-7-16-8-6-13/h3-4,12-13,16H,5-10H2,1-2H3. The molecule has 1 aromatic heterocycles. The van der Waals surface area contributed by atoms with Crippen molar-refractivity contribution >= 4 is 5.91 Å². The quantitative estimate of drug-likeness (QED) is 0.835. The molecule has 1 amide bonds. The van der Waals surface area contributed by atoms with Gasteiger partial charge in [-0.15, -0.1) is 0 Å². The number of nitrogens with one attached hydrogen (secondary N) is 1. The van der Waals surface area contributed by atoms with Gasteiger partial charge < -0.3 is 14.8 Å². The van der Waals surface area contributed by atoms with Gasteiger partial charge in [0.2, 0.25) is 5.91 Å². The molecule has 1 atom stereocenters. The van der Waals surface area contributed by atoms with E-state index in [-0.39, 0.29) is 12.0 Å². The molecule has 0 bridgehead atoms. The molecule has 2 aliphatic rings. The van der Waals surface area contributed by atoms with E-state index in [2.05, 4.69) is 40.8 Å². The van der Waals surface area contributed by atoms with Gasteiger partial charge in [0.15, 0.2) is 0 Å². The lowest BCUT2D eigenvalue weighted by Crippen LogP contribution is -2.46. The van der Waals surface area contributed by atoms with Crippen LogP contribution in [0.25, 0.3) is 0 Å². The highest BCUT2D eigenvalue weighted by atomic mass is 16.2. The number of hydrogen-bond donors (Lipinski definition) is 1. The van der Waals surface area contributed by atoms with Gasteiger partial charge in [-0.3, -0.25) is 4.79 Å². The van der Waals surface area contributed by atoms with Gasteiger partial charge in [0.25, 0.3) is 0 Å². The topological polar surface area (TPSA) is 37.3 Å². The number of amides is 1. The normalized spacial score (nSPS) is 24.3. The zero-order valence-corrected chi connectivity index (χ0v) is 11.9. The molecule has 3 rings (SSSR count). The van der Waals surface area contributed by atoms with E-state index in [1.54, 1.807) is 0 Å². The first-order chi connectivity index (χ1) is 9.18. The minimum atomic E-state index is 0.213. The Hall–Kier alpha value is -1.29. The maximum absolute atomic E-state index is 12.7. The number of aryl methyl sites for hydroxylation is 1. The van der Waals surface area contributed by atoms with E-state index < -0.39 is 0 Å². The summed E-state index contributed by atoms with van der Waals surface area (Å²) in [5.74, 6) is 0.588. The zero-order chi connectivity index (χ0) is 13.4. The van der Waals surface area contributed by atoms with Crippen LogP contribution in [-0.2, 0) is 11.3 Å². The molecular weight excluding hydrogens is 238 g/mol. The Morgan fingerprint density at radius 2 is 2.00 bits per heavy atom. The Labute approximate surface area is 114 Å². The van der Waals surface area contributed by atoms with Crippen molar-refractivity contribution in [2.45, 2.75) is 39.3 Å². The third kappa shape index (κ3) is 2.18. The minimum Gasteiger partial charge on any atom is -0.345 e. The summed E-state index contributed by atoms with van der Waals surface area (Å²) in [7, 11) is 0. The molecule has 1 aromatic rings. The highest BCUT2D eigenvalue weighted by Crippen LogP contribution is 2.29. The largest absolute Gasteiger partial charge is 0.345 e. The van der Waals surface area contributed by atoms with Crippen LogP contribution in [0.2, 0.25) is 0 Å². The van der Waals surface area contributed by atoms with E-state index in [0.29, 0.717) is 5.91 Å². The third-order valence-electron chi connectivity index (χ3n) is 4.66. The Bertz CT molecular complexity index is 474. The van der Waals surface area contributed by atoms with Crippen molar-refractivity contribution in [2.75, 3.05) is 19.6 Å². The molecule has 1 N–H and O–H groups in total. The Kier molecular flexibility index (Phi) is 3.35. The highest BCUT2D eigenvalue weighted by Gasteiger charge is 2.32. The van der Waals surface area contributed by atoms with Crippen LogP contribution in [0.3, 0.4) is 0 Å². The maximum Gasteiger partial charge on any atom is 0.226 e. The molecule has 19 heavy (non-hydrogen) atoms. The fourth-order valence-corrected chi connectivity index (χ4v) is 3.43. The van der Waals surface area contributed by atoms with E-state index in [1.165, 1.54) is 11.4 Å². The molecule has 0 radical (unpaired) electrons. The van der Waals surface area contributed by atoms with Gasteiger partial charge in [0, 0.05) is 30.4 Å². The van der Waals surface area contributed by atoms with Crippen LogP contribution in [-0.4, -0.2) is 35.0 Å². The number of nitrogens with zero attached hydrogens (tertiary/aromatic N) is 2. The van der Waals surface area contributed by atoms with E-state index in [0.717, 1.165) is 39.0 Å². The number of carbonyl (C=O) groups excluding carboxylic acids is 1. The van der Waals surface area contributed by atoms with Gasteiger partial charge in [0.1, 0.15) is 0 Å². The Morgan fingerprint density at radius 3 is 2.74 bits per heavy atom. The first-order valence-corrected chi connectivity index (χ1v) is 7.35. The number of carbonyl (C=O) groups is 1. The Morgan fingerprint density at radius 1 is 1.26 bits per heavy atom. The number of aromatic nitrogens is 1. The zero-order valence-electron chi connectivity index (χ0n) is 11.9. The average Bonchev–Trinajstić information content (AvgIpc) is 2.82. The van der Waals surface area contributed by atoms with Crippen LogP contribution in [0, 0.1) is 12.8 Å². The minimum absolute atomic E-state index is 0.213. The van der Waals surface area contributed by atoms with Gasteiger partial charge >= 0.3 is 0 Å². The van der Waals surface area contributed by atoms with Gasteiger partial charge in [-0.1, -0.05) is 0 Å². The van der Waals surface area contributed by atoms with Gasteiger partial charge in [-0.05, 0) is 51.9 Å². The molecule has 0 aromatic carbocycles. The number of rotatable bonds is 1. The van der Waals surface area contributed by atoms with Crippen molar-refractivity contribution in [1.82, 2.24) is 14.8 Å². The van der Waals surface area contributed by atoms with Crippen LogP contribution < -0.4 is 5.32 Å². The lowest BCUT2D eigenvalue weighted by Gasteiger charge is -2.38. The molecule has 0 aliphatic carbocycles. The summed E-state index contributed by atoms with van der Waals surface area (Å²) in [6.45, 7) is 8.05. The van der Waals surface area contributed by atoms with Crippen molar-refractivity contribution in [2.24, 2.45) is 5.92 Å². The van der Waals surface area contributed by atoms with Gasteiger partial charge in [-0.2, -0.15) is 0 Å². The summed E-state index contributed by atoms with van der Waals surface area (Å²) in [6.07, 6.45) is 1.98. The number of fused-ring (bicyclic) bond motifs is 1. The predicted octanol–water partition coefficient (Wildman–Crippen LogP) is 1.70. The monoisotopic (exact) mass is 261 g/mol. The second-order valence-corrected chi connectivity index (χ2v) is 5.78. The lowest BCUT2D eigenvalue weighted by atomic mass is 9.95. The van der Waals surface area contributed by atoms with Gasteiger partial charge in [-0.25, -0.2) is 0 Å². The number of hydrogen-bond acceptors (Lipinski definition) is 2. The third-order valence-corrected chi connectivity index (χ3v) is 4.66. The molecule has 1 fully saturated rings. The summed E-state index contributed by atoms with van der Waals surface area (Å²) in [6, 6.07) is 4.54. The lowest BCUT2D eigenvalue weighted by molar-refractivity contribution is -0.139. The first-order valence-electron chi connectivity index (χ1n) is 7.35. The first kappa shape index (κ1) is 12.7. The molecule has 4 heteroatoms. The molecule has 4 nitrogen and oxygen atoms in total. The SMILES string of the molecule is Cc1ccc2n1CCN(C(=O)C1CCNCC1)C2C. The molecule has 1 saturated heterocycles. The van der Waals surface area contributed by atoms with Crippen molar-refractivity contribution in [3.05, 3.63) is 23.5 Å². The van der Waals surface area contributed by atoms with Crippen LogP contribution >= 0.6 is 0 Å². The van der Waals surface area contributed by atoms with Crippen molar-refractivity contribution in [3.63, 3.8) is 0 Å². The molecule has 1 unspecified atom stereocenters. The Balaban J connectivity index is 1.77. The summed E-state index contributed by atoms with van der Waals surface area (Å²) in [5.41, 5.74) is 2.59. The van der Waals surface area contributed by atoms with Crippen LogP contribution in [0.5, 0.6) is 0 Å². The van der Waals surface area contributed by atoms with E-state index in [1.807, 2.05) is 0 Å². The second-order valence-electron chi connectivity index (χ2n) is 5.78. The summed E-state index contributed by atoms with van der Waals surface area (Å²) < 4.78 is 2.34. The maximum atomic E-state index is 12.7. The molecule has 0 saturated carbocycles. The molecule has 3 heterocycles. The van der Waals surface area contributed by atoms with Crippen LogP contribution in [0.4, 0.5) is 0 Å². The van der Waals surface area contributed by atoms with Crippen LogP contribution in [0.1, 0.15) is 37.2 Å².